The van der Waals surface area contributed by atoms with E-state index in [0.717, 1.165) is 17.7 Å². The van der Waals surface area contributed by atoms with Gasteiger partial charge in [0.1, 0.15) is 5.75 Å². The van der Waals surface area contributed by atoms with Gasteiger partial charge in [-0.15, -0.1) is 0 Å². The van der Waals surface area contributed by atoms with E-state index in [1.807, 2.05) is 36.1 Å². The fraction of sp³-hybridized carbons (Fsp3) is 0.381. The number of carbonyl (C=O) groups is 1. The Morgan fingerprint density at radius 3 is 2.36 bits per heavy atom. The number of benzene rings is 2. The Morgan fingerprint density at radius 2 is 1.71 bits per heavy atom. The van der Waals surface area contributed by atoms with Crippen LogP contribution < -0.4 is 9.64 Å². The Balaban J connectivity index is 1.58. The number of piperazine rings is 1. The summed E-state index contributed by atoms with van der Waals surface area (Å²) in [6.45, 7) is 5.50. The summed E-state index contributed by atoms with van der Waals surface area (Å²) in [5, 5.41) is 0. The smallest absolute Gasteiger partial charge is 0.416 e. The molecule has 1 aliphatic heterocycles. The molecule has 1 amide bonds. The minimum atomic E-state index is -4.36. The summed E-state index contributed by atoms with van der Waals surface area (Å²) in [6.07, 6.45) is -4.99. The van der Waals surface area contributed by atoms with E-state index < -0.39 is 17.8 Å². The van der Waals surface area contributed by atoms with Crippen LogP contribution in [0.25, 0.3) is 0 Å². The van der Waals surface area contributed by atoms with E-state index >= 15 is 0 Å². The van der Waals surface area contributed by atoms with Crippen molar-refractivity contribution in [1.82, 2.24) is 4.90 Å². The number of carbonyl (C=O) groups excluding carboxylic acids is 1. The van der Waals surface area contributed by atoms with E-state index in [1.165, 1.54) is 6.07 Å². The summed E-state index contributed by atoms with van der Waals surface area (Å²) >= 11 is 0. The van der Waals surface area contributed by atoms with Crippen molar-refractivity contribution in [2.75, 3.05) is 31.1 Å². The van der Waals surface area contributed by atoms with Crippen LogP contribution in [0, 0.1) is 6.92 Å². The summed E-state index contributed by atoms with van der Waals surface area (Å²) in [5.74, 6) is 0.522. The number of rotatable bonds is 4. The Labute approximate surface area is 162 Å². The van der Waals surface area contributed by atoms with Gasteiger partial charge in [0.2, 0.25) is 0 Å². The summed E-state index contributed by atoms with van der Waals surface area (Å²) in [6, 6.07) is 12.8. The number of ether oxygens (including phenoxy) is 1. The molecular weight excluding hydrogens is 369 g/mol. The SMILES string of the molecule is Cc1cccc(OC(C)C(=O)N2CCN(c3cccc(C(F)(F)F)c3)CC2)c1. The molecule has 0 aromatic heterocycles. The number of anilines is 1. The highest BCUT2D eigenvalue weighted by Gasteiger charge is 2.31. The van der Waals surface area contributed by atoms with Gasteiger partial charge in [-0.1, -0.05) is 18.2 Å². The molecule has 1 unspecified atom stereocenters. The van der Waals surface area contributed by atoms with Crippen LogP contribution in [-0.2, 0) is 11.0 Å². The molecule has 2 aromatic rings. The van der Waals surface area contributed by atoms with Crippen LogP contribution in [0.5, 0.6) is 5.75 Å². The van der Waals surface area contributed by atoms with Crippen molar-refractivity contribution in [2.24, 2.45) is 0 Å². The molecule has 0 aliphatic carbocycles. The lowest BCUT2D eigenvalue weighted by Gasteiger charge is -2.37. The topological polar surface area (TPSA) is 32.8 Å². The van der Waals surface area contributed by atoms with Crippen LogP contribution in [0.2, 0.25) is 0 Å². The van der Waals surface area contributed by atoms with Gasteiger partial charge in [0, 0.05) is 31.9 Å². The Morgan fingerprint density at radius 1 is 1.04 bits per heavy atom. The van der Waals surface area contributed by atoms with Crippen molar-refractivity contribution in [3.8, 4) is 5.75 Å². The van der Waals surface area contributed by atoms with Crippen LogP contribution in [0.15, 0.2) is 48.5 Å². The van der Waals surface area contributed by atoms with E-state index in [2.05, 4.69) is 0 Å². The molecule has 1 fully saturated rings. The third-order valence-corrected chi connectivity index (χ3v) is 4.78. The van der Waals surface area contributed by atoms with Gasteiger partial charge in [-0.2, -0.15) is 13.2 Å². The van der Waals surface area contributed by atoms with Gasteiger partial charge in [-0.05, 0) is 49.7 Å². The van der Waals surface area contributed by atoms with E-state index in [0.29, 0.717) is 37.6 Å². The van der Waals surface area contributed by atoms with Crippen molar-refractivity contribution in [2.45, 2.75) is 26.1 Å². The van der Waals surface area contributed by atoms with E-state index in [-0.39, 0.29) is 5.91 Å². The van der Waals surface area contributed by atoms with Crippen molar-refractivity contribution in [3.05, 3.63) is 59.7 Å². The molecule has 1 heterocycles. The van der Waals surface area contributed by atoms with Crippen molar-refractivity contribution in [1.29, 1.82) is 0 Å². The first-order valence-corrected chi connectivity index (χ1v) is 9.18. The highest BCUT2D eigenvalue weighted by molar-refractivity contribution is 5.81. The highest BCUT2D eigenvalue weighted by atomic mass is 19.4. The van der Waals surface area contributed by atoms with Crippen molar-refractivity contribution < 1.29 is 22.7 Å². The number of halogens is 3. The molecule has 28 heavy (non-hydrogen) atoms. The third-order valence-electron chi connectivity index (χ3n) is 4.78. The maximum Gasteiger partial charge on any atom is 0.416 e. The lowest BCUT2D eigenvalue weighted by atomic mass is 10.1. The summed E-state index contributed by atoms with van der Waals surface area (Å²) in [5.41, 5.74) is 0.904. The van der Waals surface area contributed by atoms with Gasteiger partial charge in [0.05, 0.1) is 5.56 Å². The zero-order valence-corrected chi connectivity index (χ0v) is 15.9. The number of hydrogen-bond donors (Lipinski definition) is 0. The van der Waals surface area contributed by atoms with Gasteiger partial charge in [-0.3, -0.25) is 4.79 Å². The van der Waals surface area contributed by atoms with Gasteiger partial charge in [-0.25, -0.2) is 0 Å². The fourth-order valence-corrected chi connectivity index (χ4v) is 3.26. The third kappa shape index (κ3) is 4.77. The van der Waals surface area contributed by atoms with Gasteiger partial charge >= 0.3 is 6.18 Å². The van der Waals surface area contributed by atoms with Crippen LogP contribution in [-0.4, -0.2) is 43.1 Å². The number of nitrogens with zero attached hydrogens (tertiary/aromatic N) is 2. The summed E-state index contributed by atoms with van der Waals surface area (Å²) in [4.78, 5) is 16.2. The molecule has 7 heteroatoms. The maximum atomic E-state index is 12.9. The molecule has 0 radical (unpaired) electrons. The molecule has 3 rings (SSSR count). The number of hydrogen-bond acceptors (Lipinski definition) is 3. The van der Waals surface area contributed by atoms with E-state index in [1.54, 1.807) is 17.9 Å². The molecule has 0 saturated carbocycles. The maximum absolute atomic E-state index is 12.9. The molecule has 150 valence electrons. The highest BCUT2D eigenvalue weighted by Crippen LogP contribution is 2.32. The molecule has 0 bridgehead atoms. The lowest BCUT2D eigenvalue weighted by Crippen LogP contribution is -2.52. The molecule has 0 spiro atoms. The first-order valence-electron chi connectivity index (χ1n) is 9.18. The van der Waals surface area contributed by atoms with Crippen molar-refractivity contribution in [3.63, 3.8) is 0 Å². The molecule has 1 saturated heterocycles. The van der Waals surface area contributed by atoms with Gasteiger partial charge in [0.15, 0.2) is 6.10 Å². The minimum absolute atomic E-state index is 0.120. The largest absolute Gasteiger partial charge is 0.481 e. The molecule has 2 aromatic carbocycles. The second kappa shape index (κ2) is 8.12. The van der Waals surface area contributed by atoms with Gasteiger partial charge in [0.25, 0.3) is 5.91 Å². The first kappa shape index (κ1) is 20.0. The Bertz CT molecular complexity index is 830. The monoisotopic (exact) mass is 392 g/mol. The molecule has 1 aliphatic rings. The first-order chi connectivity index (χ1) is 13.2. The van der Waals surface area contributed by atoms with Crippen molar-refractivity contribution >= 4 is 11.6 Å². The fourth-order valence-electron chi connectivity index (χ4n) is 3.26. The predicted molar refractivity (Wildman–Crippen MR) is 102 cm³/mol. The van der Waals surface area contributed by atoms with E-state index in [9.17, 15) is 18.0 Å². The second-order valence-corrected chi connectivity index (χ2v) is 6.94. The molecular formula is C21H23F3N2O2. The molecule has 1 atom stereocenters. The number of aryl methyl sites for hydroxylation is 1. The molecule has 0 N–H and O–H groups in total. The quantitative estimate of drug-likeness (QED) is 0.784. The Kier molecular flexibility index (Phi) is 5.82. The normalized spacial score (nSPS) is 16.0. The summed E-state index contributed by atoms with van der Waals surface area (Å²) < 4.78 is 44.5. The lowest BCUT2D eigenvalue weighted by molar-refractivity contribution is -0.138. The van der Waals surface area contributed by atoms with Gasteiger partial charge < -0.3 is 14.5 Å². The minimum Gasteiger partial charge on any atom is -0.481 e. The molecule has 4 nitrogen and oxygen atoms in total. The average molecular weight is 392 g/mol. The van der Waals surface area contributed by atoms with E-state index in [4.69, 9.17) is 4.74 Å². The number of alkyl halides is 3. The average Bonchev–Trinajstić information content (AvgIpc) is 2.67. The predicted octanol–water partition coefficient (Wildman–Crippen LogP) is 4.13. The van der Waals surface area contributed by atoms with Crippen LogP contribution in [0.4, 0.5) is 18.9 Å². The standard InChI is InChI=1S/C21H23F3N2O2/c1-15-5-3-8-19(13-15)28-16(2)20(27)26-11-9-25(10-12-26)18-7-4-6-17(14-18)21(22,23)24/h3-8,13-14,16H,9-12H2,1-2H3. The van der Waals surface area contributed by atoms with Crippen LogP contribution >= 0.6 is 0 Å². The van der Waals surface area contributed by atoms with Crippen LogP contribution in [0.1, 0.15) is 18.1 Å². The number of amides is 1. The second-order valence-electron chi connectivity index (χ2n) is 6.94. The summed E-state index contributed by atoms with van der Waals surface area (Å²) in [7, 11) is 0. The zero-order chi connectivity index (χ0) is 20.3. The van der Waals surface area contributed by atoms with Crippen LogP contribution in [0.3, 0.4) is 0 Å². The Hall–Kier alpha value is -2.70. The zero-order valence-electron chi connectivity index (χ0n) is 15.9.